The van der Waals surface area contributed by atoms with Crippen molar-refractivity contribution in [2.75, 3.05) is 0 Å². The first-order valence-electron chi connectivity index (χ1n) is 10.8. The summed E-state index contributed by atoms with van der Waals surface area (Å²) < 4.78 is 35.1. The van der Waals surface area contributed by atoms with Crippen LogP contribution in [-0.2, 0) is 25.9 Å². The van der Waals surface area contributed by atoms with Crippen molar-refractivity contribution in [3.8, 4) is 11.5 Å². The molecule has 0 N–H and O–H groups in total. The van der Waals surface area contributed by atoms with Gasteiger partial charge in [-0.15, -0.1) is 0 Å². The third kappa shape index (κ3) is 4.80. The van der Waals surface area contributed by atoms with Crippen LogP contribution in [0.4, 0.5) is 14.6 Å². The molecule has 0 amide bonds. The highest BCUT2D eigenvalue weighted by atomic mass is 35.5. The highest BCUT2D eigenvalue weighted by Gasteiger charge is 2.24. The van der Waals surface area contributed by atoms with Gasteiger partial charge in [0.2, 0.25) is 0 Å². The Labute approximate surface area is 192 Å². The number of hydrogen-bond donors (Lipinski definition) is 0. The number of aliphatic imine (C=N–C) groups is 1. The van der Waals surface area contributed by atoms with Crippen molar-refractivity contribution in [2.24, 2.45) is 4.99 Å². The maximum absolute atomic E-state index is 13.9. The van der Waals surface area contributed by atoms with E-state index >= 15 is 0 Å². The third-order valence-electron chi connectivity index (χ3n) is 5.43. The van der Waals surface area contributed by atoms with Crippen molar-refractivity contribution in [3.63, 3.8) is 0 Å². The predicted molar refractivity (Wildman–Crippen MR) is 119 cm³/mol. The van der Waals surface area contributed by atoms with Gasteiger partial charge in [0.05, 0.1) is 11.1 Å². The van der Waals surface area contributed by atoms with E-state index in [1.54, 1.807) is 0 Å². The zero-order chi connectivity index (χ0) is 23.5. The molecule has 0 saturated carbocycles. The molecule has 4 rings (SSSR count). The molecule has 0 unspecified atom stereocenters. The lowest BCUT2D eigenvalue weighted by Gasteiger charge is -2.13. The Balaban J connectivity index is 1.44. The van der Waals surface area contributed by atoms with Crippen LogP contribution in [0.25, 0.3) is 11.5 Å². The highest BCUT2D eigenvalue weighted by Crippen LogP contribution is 2.24. The molecule has 33 heavy (non-hydrogen) atoms. The molecule has 8 nitrogen and oxygen atoms in total. The molecule has 0 bridgehead atoms. The van der Waals surface area contributed by atoms with Crippen molar-refractivity contribution < 1.29 is 13.3 Å². The summed E-state index contributed by atoms with van der Waals surface area (Å²) in [5.41, 5.74) is -0.432. The van der Waals surface area contributed by atoms with Crippen molar-refractivity contribution in [2.45, 2.75) is 58.5 Å². The molecule has 0 spiro atoms. The van der Waals surface area contributed by atoms with Crippen molar-refractivity contribution in [3.05, 3.63) is 62.1 Å². The predicted octanol–water partition coefficient (Wildman–Crippen LogP) is 3.99. The maximum Gasteiger partial charge on any atom is 0.332 e. The molecule has 0 aliphatic carbocycles. The number of aromatic nitrogens is 4. The van der Waals surface area contributed by atoms with Gasteiger partial charge in [-0.1, -0.05) is 30.1 Å². The first kappa shape index (κ1) is 23.0. The average Bonchev–Trinajstić information content (AvgIpc) is 3.41. The van der Waals surface area contributed by atoms with E-state index in [2.05, 4.69) is 15.1 Å². The van der Waals surface area contributed by atoms with Gasteiger partial charge >= 0.3 is 5.69 Å². The van der Waals surface area contributed by atoms with Crippen LogP contribution in [0.3, 0.4) is 0 Å². The Morgan fingerprint density at radius 1 is 1.12 bits per heavy atom. The topological polar surface area (TPSA) is 95.3 Å². The lowest BCUT2D eigenvalue weighted by molar-refractivity contribution is 0.417. The first-order chi connectivity index (χ1) is 15.9. The highest BCUT2D eigenvalue weighted by molar-refractivity contribution is 6.66. The standard InChI is InChI=1S/C22H22ClF2N5O3/c1-2-3-9-29-19-15(12-17(23)26-19)21(31)30(22(29)32)10-5-4-6-18-27-20(33-28-18)14-11-13(24)7-8-16(14)25/h7-8,11H,2-6,9-10,12H2,1H3. The Morgan fingerprint density at radius 3 is 2.70 bits per heavy atom. The quantitative estimate of drug-likeness (QED) is 0.434. The fraction of sp³-hybridized carbons (Fsp3) is 0.409. The van der Waals surface area contributed by atoms with E-state index in [1.165, 1.54) is 9.13 Å². The Bertz CT molecular complexity index is 1330. The van der Waals surface area contributed by atoms with Crippen LogP contribution < -0.4 is 11.2 Å². The second kappa shape index (κ2) is 9.78. The molecule has 0 radical (unpaired) electrons. The zero-order valence-corrected chi connectivity index (χ0v) is 18.7. The number of fused-ring (bicyclic) bond motifs is 1. The lowest BCUT2D eigenvalue weighted by atomic mass is 10.2. The van der Waals surface area contributed by atoms with Crippen molar-refractivity contribution >= 4 is 22.6 Å². The number of aryl methyl sites for hydroxylation is 1. The largest absolute Gasteiger partial charge is 0.334 e. The molecule has 1 aliphatic rings. The summed E-state index contributed by atoms with van der Waals surface area (Å²) in [7, 11) is 0. The minimum atomic E-state index is -0.661. The van der Waals surface area contributed by atoms with Crippen LogP contribution in [-0.4, -0.2) is 24.4 Å². The van der Waals surface area contributed by atoms with Crippen molar-refractivity contribution in [1.82, 2.24) is 19.3 Å². The van der Waals surface area contributed by atoms with Gasteiger partial charge in [-0.3, -0.25) is 13.9 Å². The number of halogens is 3. The van der Waals surface area contributed by atoms with Gasteiger partial charge in [0.1, 0.15) is 22.6 Å². The maximum atomic E-state index is 13.9. The molecular formula is C22H22ClF2N5O3. The smallest absolute Gasteiger partial charge is 0.332 e. The SMILES string of the molecule is CCCCn1c2c(c(=O)n(CCCCc3noc(-c4cc(F)ccc4F)n3)c1=O)CC(Cl)=N2. The van der Waals surface area contributed by atoms with Gasteiger partial charge in [0, 0.05) is 25.9 Å². The third-order valence-corrected chi connectivity index (χ3v) is 5.65. The van der Waals surface area contributed by atoms with Gasteiger partial charge in [-0.25, -0.2) is 18.6 Å². The van der Waals surface area contributed by atoms with Crippen LogP contribution in [0.2, 0.25) is 0 Å². The molecule has 0 atom stereocenters. The molecule has 3 heterocycles. The van der Waals surface area contributed by atoms with Gasteiger partial charge in [0.15, 0.2) is 5.82 Å². The van der Waals surface area contributed by atoms with Crippen LogP contribution >= 0.6 is 11.6 Å². The molecule has 2 aromatic heterocycles. The normalized spacial score (nSPS) is 12.8. The number of nitrogens with zero attached hydrogens (tertiary/aromatic N) is 5. The second-order valence-corrected chi connectivity index (χ2v) is 8.24. The lowest BCUT2D eigenvalue weighted by Crippen LogP contribution is -2.41. The summed E-state index contributed by atoms with van der Waals surface area (Å²) in [4.78, 5) is 34.1. The molecule has 3 aromatic rings. The van der Waals surface area contributed by atoms with E-state index in [4.69, 9.17) is 16.1 Å². The van der Waals surface area contributed by atoms with E-state index in [-0.39, 0.29) is 30.0 Å². The van der Waals surface area contributed by atoms with Gasteiger partial charge in [-0.05, 0) is 37.5 Å². The van der Waals surface area contributed by atoms with Crippen LogP contribution in [0, 0.1) is 11.6 Å². The summed E-state index contributed by atoms with van der Waals surface area (Å²) in [5, 5.41) is 4.11. The zero-order valence-electron chi connectivity index (χ0n) is 18.0. The molecule has 0 fully saturated rings. The Kier molecular flexibility index (Phi) is 6.83. The molecule has 174 valence electrons. The number of rotatable bonds is 9. The molecule has 11 heteroatoms. The molecular weight excluding hydrogens is 456 g/mol. The number of unbranched alkanes of at least 4 members (excludes halogenated alkanes) is 2. The van der Waals surface area contributed by atoms with Crippen LogP contribution in [0.15, 0.2) is 37.3 Å². The summed E-state index contributed by atoms with van der Waals surface area (Å²) in [6.45, 7) is 2.70. The van der Waals surface area contributed by atoms with Crippen LogP contribution in [0.5, 0.6) is 0 Å². The average molecular weight is 478 g/mol. The Hall–Kier alpha value is -3.14. The van der Waals surface area contributed by atoms with E-state index < -0.39 is 17.3 Å². The first-order valence-corrected chi connectivity index (χ1v) is 11.1. The molecule has 0 saturated heterocycles. The molecule has 1 aliphatic heterocycles. The van der Waals surface area contributed by atoms with Gasteiger partial charge in [-0.2, -0.15) is 4.98 Å². The van der Waals surface area contributed by atoms with E-state index in [0.29, 0.717) is 48.2 Å². The summed E-state index contributed by atoms with van der Waals surface area (Å²) in [6, 6.07) is 2.99. The van der Waals surface area contributed by atoms with E-state index in [0.717, 1.165) is 31.0 Å². The van der Waals surface area contributed by atoms with Crippen molar-refractivity contribution in [1.29, 1.82) is 0 Å². The fourth-order valence-electron chi connectivity index (χ4n) is 3.72. The fourth-order valence-corrected chi connectivity index (χ4v) is 3.94. The van der Waals surface area contributed by atoms with E-state index in [1.807, 2.05) is 6.92 Å². The summed E-state index contributed by atoms with van der Waals surface area (Å²) in [5.74, 6) is -0.681. The second-order valence-electron chi connectivity index (χ2n) is 7.81. The van der Waals surface area contributed by atoms with Crippen LogP contribution in [0.1, 0.15) is 44.0 Å². The monoisotopic (exact) mass is 477 g/mol. The number of benzene rings is 1. The summed E-state index contributed by atoms with van der Waals surface area (Å²) in [6.07, 6.45) is 3.35. The van der Waals surface area contributed by atoms with Gasteiger partial charge < -0.3 is 4.52 Å². The minimum absolute atomic E-state index is 0.104. The summed E-state index contributed by atoms with van der Waals surface area (Å²) >= 11 is 6.04. The Morgan fingerprint density at radius 2 is 1.91 bits per heavy atom. The minimum Gasteiger partial charge on any atom is -0.334 e. The van der Waals surface area contributed by atoms with E-state index in [9.17, 15) is 18.4 Å². The van der Waals surface area contributed by atoms with Gasteiger partial charge in [0.25, 0.3) is 11.4 Å². The number of hydrogen-bond acceptors (Lipinski definition) is 6. The molecule has 1 aromatic carbocycles.